The van der Waals surface area contributed by atoms with Gasteiger partial charge in [-0.25, -0.2) is 4.98 Å². The van der Waals surface area contributed by atoms with Gasteiger partial charge in [-0.1, -0.05) is 45.9 Å². The quantitative estimate of drug-likeness (QED) is 0.102. The van der Waals surface area contributed by atoms with Gasteiger partial charge in [0.15, 0.2) is 22.4 Å². The van der Waals surface area contributed by atoms with Crippen LogP contribution in [0.2, 0.25) is 0 Å². The van der Waals surface area contributed by atoms with Crippen molar-refractivity contribution >= 4 is 62.0 Å². The van der Waals surface area contributed by atoms with Gasteiger partial charge < -0.3 is 58.9 Å². The molecule has 17 nitrogen and oxygen atoms in total. The number of esters is 1. The van der Waals surface area contributed by atoms with Gasteiger partial charge in [-0.05, 0) is 46.9 Å². The van der Waals surface area contributed by atoms with E-state index in [2.05, 4.69) is 15.1 Å². The zero-order valence-corrected chi connectivity index (χ0v) is 39.9. The highest BCUT2D eigenvalue weighted by atomic mass is 16.7. The molecular weight excluding hydrogens is 865 g/mol. The van der Waals surface area contributed by atoms with Crippen LogP contribution in [0.1, 0.15) is 66.9 Å². The molecule has 360 valence electrons. The fourth-order valence-electron chi connectivity index (χ4n) is 9.70. The van der Waals surface area contributed by atoms with E-state index in [0.29, 0.717) is 24.8 Å². The Kier molecular flexibility index (Phi) is 13.8. The van der Waals surface area contributed by atoms with Gasteiger partial charge >= 0.3 is 11.8 Å². The van der Waals surface area contributed by atoms with E-state index >= 15 is 0 Å². The maximum atomic E-state index is 14.9. The Labute approximate surface area is 387 Å². The van der Waals surface area contributed by atoms with E-state index in [1.54, 1.807) is 45.9 Å². The molecule has 0 saturated carbocycles. The molecule has 1 aromatic heterocycles. The van der Waals surface area contributed by atoms with Crippen LogP contribution in [-0.4, -0.2) is 113 Å². The van der Waals surface area contributed by atoms with Crippen molar-refractivity contribution in [1.29, 1.82) is 0 Å². The number of hydrogen-bond acceptors (Lipinski definition) is 16. The number of phenolic OH excluding ortho intramolecular Hbond substituents is 1. The second kappa shape index (κ2) is 18.9. The molecule has 3 aliphatic rings. The number of piperidine rings is 1. The lowest BCUT2D eigenvalue weighted by Gasteiger charge is -2.38. The zero-order valence-electron chi connectivity index (χ0n) is 39.9. The lowest BCUT2D eigenvalue weighted by atomic mass is 9.78. The summed E-state index contributed by atoms with van der Waals surface area (Å²) in [6.07, 6.45) is 5.30. The van der Waals surface area contributed by atoms with Crippen LogP contribution < -0.4 is 31.0 Å². The van der Waals surface area contributed by atoms with Crippen LogP contribution in [0.15, 0.2) is 62.3 Å². The lowest BCUT2D eigenvalue weighted by molar-refractivity contribution is -0.160. The van der Waals surface area contributed by atoms with Crippen LogP contribution in [0, 0.1) is 30.6 Å². The number of ether oxygens (including phenoxy) is 4. The summed E-state index contributed by atoms with van der Waals surface area (Å²) in [6, 6.07) is 3.54. The number of aromatic nitrogens is 1. The monoisotopic (exact) mass is 926 g/mol. The molecule has 17 heteroatoms. The first kappa shape index (κ1) is 48.9. The van der Waals surface area contributed by atoms with Gasteiger partial charge in [0.25, 0.3) is 5.91 Å². The van der Waals surface area contributed by atoms with Crippen LogP contribution >= 0.6 is 0 Å². The van der Waals surface area contributed by atoms with Gasteiger partial charge in [0, 0.05) is 98.1 Å². The number of aliphatic hydroxyl groups excluding tert-OH is 3. The normalized spacial score (nSPS) is 29.3. The number of carbonyl (C=O) groups excluding carboxylic acids is 2. The lowest BCUT2D eigenvalue weighted by Crippen LogP contribution is -2.46. The highest BCUT2D eigenvalue weighted by Crippen LogP contribution is 2.42. The largest absolute Gasteiger partial charge is 0.507 e. The van der Waals surface area contributed by atoms with Crippen molar-refractivity contribution in [2.75, 3.05) is 44.5 Å². The predicted molar refractivity (Wildman–Crippen MR) is 254 cm³/mol. The maximum Gasteiger partial charge on any atom is 0.307 e. The predicted octanol–water partition coefficient (Wildman–Crippen LogP) is 5.09. The van der Waals surface area contributed by atoms with Crippen molar-refractivity contribution in [1.82, 2.24) is 9.88 Å². The molecule has 0 radical (unpaired) electrons. The average Bonchev–Trinajstić information content (AvgIpc) is 3.56. The van der Waals surface area contributed by atoms with Crippen molar-refractivity contribution in [3.05, 3.63) is 79.5 Å². The summed E-state index contributed by atoms with van der Waals surface area (Å²) in [7, 11) is 5.52. The van der Waals surface area contributed by atoms with E-state index in [4.69, 9.17) is 28.3 Å². The van der Waals surface area contributed by atoms with Crippen LogP contribution in [0.3, 0.4) is 0 Å². The Morgan fingerprint density at radius 3 is 2.28 bits per heavy atom. The molecule has 0 spiro atoms. The zero-order chi connectivity index (χ0) is 49.0. The highest BCUT2D eigenvalue weighted by molar-refractivity contribution is 6.16. The SMILES string of the molecule is CO[C@H]1C=CO[C@@]2(C)Oc3c(C)c(O)c4c(=O)c(c5oc6cc(N7CCC(N(C)C)CC7)cc(=O)c6nc5c4c3=C2O)NC(=O)/C(C)=C/C=C/[C@H](C)[C@H](O)[C@@H](C)[C@@H](O)[C@@H](C)C(OC(C)=O)C1C. The van der Waals surface area contributed by atoms with Crippen molar-refractivity contribution in [2.24, 2.45) is 23.7 Å². The first-order valence-electron chi connectivity index (χ1n) is 22.6. The number of allylic oxidation sites excluding steroid dienone is 2. The number of aromatic hydroxyl groups is 1. The van der Waals surface area contributed by atoms with Gasteiger partial charge in [0.1, 0.15) is 28.8 Å². The fraction of sp³-hybridized carbons (Fsp3) is 0.500. The molecule has 4 heterocycles. The topological polar surface area (TPSA) is 231 Å². The van der Waals surface area contributed by atoms with Gasteiger partial charge in [-0.3, -0.25) is 19.2 Å². The number of amides is 1. The Morgan fingerprint density at radius 1 is 0.955 bits per heavy atom. The van der Waals surface area contributed by atoms with Crippen LogP contribution in [-0.2, 0) is 23.8 Å². The Hall–Kier alpha value is -6.01. The third kappa shape index (κ3) is 8.97. The molecule has 9 atom stereocenters. The van der Waals surface area contributed by atoms with E-state index in [9.17, 15) is 39.6 Å². The molecule has 3 aromatic carbocycles. The molecule has 1 saturated heterocycles. The second-order valence-corrected chi connectivity index (χ2v) is 18.7. The number of nitrogens with one attached hydrogen (secondary N) is 1. The summed E-state index contributed by atoms with van der Waals surface area (Å²) in [5.74, 6) is -6.93. The minimum absolute atomic E-state index is 0.0391. The van der Waals surface area contributed by atoms with Gasteiger partial charge in [0.2, 0.25) is 10.9 Å². The molecule has 1 amide bonds. The van der Waals surface area contributed by atoms with E-state index in [0.717, 1.165) is 12.8 Å². The second-order valence-electron chi connectivity index (χ2n) is 18.7. The third-order valence-corrected chi connectivity index (χ3v) is 14.0. The van der Waals surface area contributed by atoms with E-state index in [-0.39, 0.29) is 60.8 Å². The molecule has 2 unspecified atom stereocenters. The number of aliphatic hydroxyl groups is 3. The number of rotatable bonds is 4. The number of carbonyl (C=O) groups is 2. The molecule has 7 rings (SSSR count). The standard InChI is InChI=1S/C50H62N4O13/c1-23-13-12-14-24(2)49(62)52-40-44(60)36-35(39-47(40)66-34-22-31(21-32(56)38(34)51-39)54-18-15-30(16-19-54)53(9)10)37-46(28(6)43(36)59)67-50(8,48(37)61)64-20-17-33(63-11)25(3)45(65-29(7)55)27(5)42(58)26(4)41(23)57/h12-14,17,20-23,25-27,30,33,41-42,45,57-59,61H,15-16,18-19H2,1-11H3,(H,52,62)/b13-12+,20-17?,24-14+/t23-,25?,26+,27+,33-,41-,42+,45?,50-/m0/s1. The number of benzene rings is 3. The Morgan fingerprint density at radius 2 is 1.64 bits per heavy atom. The molecule has 5 N–H and O–H groups in total. The van der Waals surface area contributed by atoms with E-state index in [1.807, 2.05) is 14.1 Å². The Balaban J connectivity index is 1.47. The summed E-state index contributed by atoms with van der Waals surface area (Å²) >= 11 is 0. The summed E-state index contributed by atoms with van der Waals surface area (Å²) in [5.41, 5.74) is -1.35. The first-order chi connectivity index (χ1) is 31.6. The molecular formula is C50H62N4O13. The van der Waals surface area contributed by atoms with Crippen LogP contribution in [0.25, 0.3) is 38.7 Å². The molecule has 0 aliphatic carbocycles. The highest BCUT2D eigenvalue weighted by Gasteiger charge is 2.44. The van der Waals surface area contributed by atoms with Crippen LogP contribution in [0.5, 0.6) is 11.5 Å². The van der Waals surface area contributed by atoms with Gasteiger partial charge in [0.05, 0.1) is 35.2 Å². The van der Waals surface area contributed by atoms with E-state index < -0.39 is 88.1 Å². The Bertz CT molecular complexity index is 2880. The molecule has 3 aliphatic heterocycles. The molecule has 67 heavy (non-hydrogen) atoms. The summed E-state index contributed by atoms with van der Waals surface area (Å²) < 4.78 is 30.5. The average molecular weight is 927 g/mol. The summed E-state index contributed by atoms with van der Waals surface area (Å²) in [6.45, 7) is 14.0. The first-order valence-corrected chi connectivity index (χ1v) is 22.6. The molecule has 4 bridgehead atoms. The van der Waals surface area contributed by atoms with Crippen molar-refractivity contribution in [3.8, 4) is 11.5 Å². The fourth-order valence-corrected chi connectivity index (χ4v) is 9.70. The smallest absolute Gasteiger partial charge is 0.307 e. The van der Waals surface area contributed by atoms with Gasteiger partial charge in [-0.2, -0.15) is 0 Å². The number of fused-ring (bicyclic) bond motifs is 2. The van der Waals surface area contributed by atoms with Gasteiger partial charge in [-0.15, -0.1) is 0 Å². The minimum atomic E-state index is -1.98. The van der Waals surface area contributed by atoms with Crippen molar-refractivity contribution < 1.29 is 53.4 Å². The number of hydrogen-bond donors (Lipinski definition) is 5. The van der Waals surface area contributed by atoms with Crippen molar-refractivity contribution in [2.45, 2.75) is 104 Å². The van der Waals surface area contributed by atoms with E-state index in [1.165, 1.54) is 59.3 Å². The minimum Gasteiger partial charge on any atom is -0.507 e. The number of methoxy groups -OCH3 is 1. The summed E-state index contributed by atoms with van der Waals surface area (Å²) in [5, 5.41) is 49.3. The number of phenols is 1. The summed E-state index contributed by atoms with van der Waals surface area (Å²) in [4.78, 5) is 64.4. The third-order valence-electron chi connectivity index (χ3n) is 14.0. The molecule has 1 fully saturated rings. The maximum absolute atomic E-state index is 14.9. The molecule has 4 aromatic rings. The van der Waals surface area contributed by atoms with Crippen LogP contribution in [0.4, 0.5) is 11.4 Å². The number of nitrogens with zero attached hydrogens (tertiary/aromatic N) is 3. The van der Waals surface area contributed by atoms with Crippen molar-refractivity contribution in [3.63, 3.8) is 0 Å². The number of anilines is 2.